The molecule has 1 fully saturated rings. The van der Waals surface area contributed by atoms with E-state index < -0.39 is 5.97 Å². The maximum atomic E-state index is 15.0. The Morgan fingerprint density at radius 3 is 2.59 bits per heavy atom. The molecular formula is C25H29FO3. The van der Waals surface area contributed by atoms with Crippen molar-refractivity contribution in [1.82, 2.24) is 0 Å². The number of carbonyl (C=O) groups excluding carboxylic acids is 1. The largest absolute Gasteiger partial charge is 0.458 e. The summed E-state index contributed by atoms with van der Waals surface area (Å²) in [4.78, 5) is 11.4. The molecule has 0 amide bonds. The minimum Gasteiger partial charge on any atom is -0.458 e. The fourth-order valence-electron chi connectivity index (χ4n) is 4.11. The van der Waals surface area contributed by atoms with E-state index in [-0.39, 0.29) is 19.0 Å². The minimum absolute atomic E-state index is 0.00911. The van der Waals surface area contributed by atoms with Crippen molar-refractivity contribution >= 4 is 5.97 Å². The third-order valence-electron chi connectivity index (χ3n) is 5.92. The van der Waals surface area contributed by atoms with Gasteiger partial charge >= 0.3 is 5.97 Å². The predicted molar refractivity (Wildman–Crippen MR) is 113 cm³/mol. The average Bonchev–Trinajstić information content (AvgIpc) is 2.73. The zero-order chi connectivity index (χ0) is 20.8. The van der Waals surface area contributed by atoms with E-state index in [4.69, 9.17) is 4.74 Å². The van der Waals surface area contributed by atoms with E-state index in [1.807, 2.05) is 30.3 Å². The first-order valence-electron chi connectivity index (χ1n) is 10.3. The van der Waals surface area contributed by atoms with Crippen LogP contribution in [0.1, 0.15) is 55.2 Å². The maximum absolute atomic E-state index is 15.0. The van der Waals surface area contributed by atoms with Crippen LogP contribution in [0.3, 0.4) is 0 Å². The van der Waals surface area contributed by atoms with Crippen LogP contribution in [0.15, 0.2) is 49.1 Å². The van der Waals surface area contributed by atoms with E-state index in [2.05, 4.69) is 13.5 Å². The van der Waals surface area contributed by atoms with Crippen LogP contribution in [-0.2, 0) is 22.6 Å². The average molecular weight is 397 g/mol. The highest BCUT2D eigenvalue weighted by atomic mass is 19.1. The Balaban J connectivity index is 1.85. The van der Waals surface area contributed by atoms with Gasteiger partial charge in [-0.05, 0) is 65.5 Å². The van der Waals surface area contributed by atoms with Gasteiger partial charge in [0.25, 0.3) is 0 Å². The van der Waals surface area contributed by atoms with E-state index in [0.717, 1.165) is 47.1 Å². The number of rotatable bonds is 7. The van der Waals surface area contributed by atoms with Gasteiger partial charge in [-0.15, -0.1) is 0 Å². The lowest BCUT2D eigenvalue weighted by molar-refractivity contribution is -0.138. The van der Waals surface area contributed by atoms with Gasteiger partial charge in [0.05, 0.1) is 0 Å². The van der Waals surface area contributed by atoms with Gasteiger partial charge in [0.1, 0.15) is 12.4 Å². The molecule has 3 rings (SSSR count). The highest BCUT2D eigenvalue weighted by Crippen LogP contribution is 2.37. The molecule has 0 radical (unpaired) electrons. The second-order valence-electron chi connectivity index (χ2n) is 7.97. The Bertz CT molecular complexity index is 866. The van der Waals surface area contributed by atoms with E-state index in [0.29, 0.717) is 17.9 Å². The summed E-state index contributed by atoms with van der Waals surface area (Å²) in [6.07, 6.45) is 6.20. The maximum Gasteiger partial charge on any atom is 0.330 e. The van der Waals surface area contributed by atoms with Crippen LogP contribution in [0, 0.1) is 11.7 Å². The normalized spacial score (nSPS) is 19.0. The molecule has 2 aromatic carbocycles. The van der Waals surface area contributed by atoms with Crippen LogP contribution in [0.2, 0.25) is 0 Å². The number of hydrogen-bond acceptors (Lipinski definition) is 3. The minimum atomic E-state index is -0.511. The molecule has 1 aliphatic carbocycles. The Labute approximate surface area is 172 Å². The molecule has 0 aliphatic heterocycles. The zero-order valence-electron chi connectivity index (χ0n) is 17.0. The third-order valence-corrected chi connectivity index (χ3v) is 5.92. The number of benzene rings is 2. The third kappa shape index (κ3) is 5.33. The summed E-state index contributed by atoms with van der Waals surface area (Å²) in [7, 11) is 0. The van der Waals surface area contributed by atoms with Gasteiger partial charge < -0.3 is 9.84 Å². The standard InChI is InChI=1S/C25H29FO3/c1-3-25(28)29-16-22-14-21(9-8-19(22)12-13-27)23-11-10-20(15-24(23)26)18-6-4-17(2)5-7-18/h3,8-11,14-15,17-18,27H,1,4-7,12-13,16H2,2H3. The van der Waals surface area contributed by atoms with Crippen molar-refractivity contribution in [2.45, 2.75) is 51.6 Å². The molecule has 0 saturated heterocycles. The highest BCUT2D eigenvalue weighted by molar-refractivity contribution is 5.81. The summed E-state index contributed by atoms with van der Waals surface area (Å²) in [6, 6.07) is 11.1. The van der Waals surface area contributed by atoms with Gasteiger partial charge in [0.15, 0.2) is 0 Å². The summed E-state index contributed by atoms with van der Waals surface area (Å²) in [5, 5.41) is 9.28. The molecule has 1 saturated carbocycles. The fraction of sp³-hybridized carbons (Fsp3) is 0.400. The summed E-state index contributed by atoms with van der Waals surface area (Å²) in [5.74, 6) is 0.463. The first-order chi connectivity index (χ1) is 14.0. The summed E-state index contributed by atoms with van der Waals surface area (Å²) >= 11 is 0. The lowest BCUT2D eigenvalue weighted by Crippen LogP contribution is -2.11. The molecule has 4 heteroatoms. The number of ether oxygens (including phenoxy) is 1. The van der Waals surface area contributed by atoms with Crippen molar-refractivity contribution in [3.63, 3.8) is 0 Å². The van der Waals surface area contributed by atoms with Crippen molar-refractivity contribution in [3.8, 4) is 11.1 Å². The number of hydrogen-bond donors (Lipinski definition) is 1. The Kier molecular flexibility index (Phi) is 7.21. The molecule has 0 spiro atoms. The lowest BCUT2D eigenvalue weighted by Gasteiger charge is -2.26. The number of aliphatic hydroxyl groups excluding tert-OH is 1. The fourth-order valence-corrected chi connectivity index (χ4v) is 4.11. The molecule has 1 N–H and O–H groups in total. The molecule has 0 heterocycles. The Morgan fingerprint density at radius 1 is 1.17 bits per heavy atom. The van der Waals surface area contributed by atoms with Gasteiger partial charge in [0, 0.05) is 18.2 Å². The summed E-state index contributed by atoms with van der Waals surface area (Å²) in [6.45, 7) is 5.73. The van der Waals surface area contributed by atoms with E-state index in [1.165, 1.54) is 12.8 Å². The quantitative estimate of drug-likeness (QED) is 0.493. The topological polar surface area (TPSA) is 46.5 Å². The molecule has 0 bridgehead atoms. The highest BCUT2D eigenvalue weighted by Gasteiger charge is 2.21. The van der Waals surface area contributed by atoms with E-state index >= 15 is 0 Å². The van der Waals surface area contributed by atoms with Crippen LogP contribution < -0.4 is 0 Å². The summed E-state index contributed by atoms with van der Waals surface area (Å²) in [5.41, 5.74) is 3.98. The van der Waals surface area contributed by atoms with Gasteiger partial charge in [-0.3, -0.25) is 0 Å². The van der Waals surface area contributed by atoms with Gasteiger partial charge in [-0.2, -0.15) is 0 Å². The van der Waals surface area contributed by atoms with Crippen LogP contribution in [-0.4, -0.2) is 17.7 Å². The molecule has 154 valence electrons. The number of halogens is 1. The first kappa shape index (κ1) is 21.3. The Morgan fingerprint density at radius 2 is 1.93 bits per heavy atom. The van der Waals surface area contributed by atoms with Crippen molar-refractivity contribution < 1.29 is 19.0 Å². The molecule has 0 aromatic heterocycles. The number of esters is 1. The van der Waals surface area contributed by atoms with Crippen molar-refractivity contribution in [1.29, 1.82) is 0 Å². The molecule has 1 aliphatic rings. The first-order valence-corrected chi connectivity index (χ1v) is 10.3. The SMILES string of the molecule is C=CC(=O)OCc1cc(-c2ccc(C3CCC(C)CC3)cc2F)ccc1CCO. The van der Waals surface area contributed by atoms with Gasteiger partial charge in [-0.1, -0.05) is 50.6 Å². The predicted octanol–water partition coefficient (Wildman–Crippen LogP) is 5.55. The Hall–Kier alpha value is -2.46. The van der Waals surface area contributed by atoms with Crippen molar-refractivity contribution in [2.24, 2.45) is 5.92 Å². The number of carbonyl (C=O) groups is 1. The second-order valence-corrected chi connectivity index (χ2v) is 7.97. The van der Waals surface area contributed by atoms with Crippen LogP contribution >= 0.6 is 0 Å². The smallest absolute Gasteiger partial charge is 0.330 e. The molecular weight excluding hydrogens is 367 g/mol. The number of aliphatic hydroxyl groups is 1. The van der Waals surface area contributed by atoms with Crippen molar-refractivity contribution in [3.05, 3.63) is 71.6 Å². The van der Waals surface area contributed by atoms with Crippen LogP contribution in [0.4, 0.5) is 4.39 Å². The monoisotopic (exact) mass is 396 g/mol. The molecule has 0 unspecified atom stereocenters. The lowest BCUT2D eigenvalue weighted by atomic mass is 9.79. The van der Waals surface area contributed by atoms with Gasteiger partial charge in [0.2, 0.25) is 0 Å². The molecule has 2 aromatic rings. The molecule has 3 nitrogen and oxygen atoms in total. The second kappa shape index (κ2) is 9.84. The van der Waals surface area contributed by atoms with Crippen LogP contribution in [0.5, 0.6) is 0 Å². The van der Waals surface area contributed by atoms with Crippen molar-refractivity contribution in [2.75, 3.05) is 6.61 Å². The van der Waals surface area contributed by atoms with Crippen LogP contribution in [0.25, 0.3) is 11.1 Å². The zero-order valence-corrected chi connectivity index (χ0v) is 17.0. The molecule has 0 atom stereocenters. The van der Waals surface area contributed by atoms with Gasteiger partial charge in [-0.25, -0.2) is 9.18 Å². The summed E-state index contributed by atoms with van der Waals surface area (Å²) < 4.78 is 20.1. The van der Waals surface area contributed by atoms with E-state index in [9.17, 15) is 14.3 Å². The molecule has 29 heavy (non-hydrogen) atoms. The van der Waals surface area contributed by atoms with E-state index in [1.54, 1.807) is 6.07 Å².